The lowest BCUT2D eigenvalue weighted by Gasteiger charge is -2.31. The van der Waals surface area contributed by atoms with Gasteiger partial charge in [0.05, 0.1) is 23.6 Å². The zero-order valence-corrected chi connectivity index (χ0v) is 23.3. The van der Waals surface area contributed by atoms with E-state index in [4.69, 9.17) is 4.74 Å². The molecule has 1 aliphatic heterocycles. The van der Waals surface area contributed by atoms with Gasteiger partial charge >= 0.3 is 5.97 Å². The van der Waals surface area contributed by atoms with Crippen LogP contribution in [-0.2, 0) is 15.5 Å². The van der Waals surface area contributed by atoms with Crippen molar-refractivity contribution >= 4 is 48.2 Å². The number of halogens is 3. The fourth-order valence-electron chi connectivity index (χ4n) is 4.65. The highest BCUT2D eigenvalue weighted by Gasteiger charge is 2.28. The molecule has 2 aromatic heterocycles. The van der Waals surface area contributed by atoms with Crippen LogP contribution in [0.15, 0.2) is 48.8 Å². The first kappa shape index (κ1) is 26.3. The number of imidazole rings is 1. The molecule has 1 aliphatic rings. The Labute approximate surface area is 229 Å². The van der Waals surface area contributed by atoms with Gasteiger partial charge in [0, 0.05) is 52.7 Å². The number of nitrogens with one attached hydrogen (secondary N) is 1. The number of hydrogen-bond donors (Lipinski definition) is 1. The zero-order chi connectivity index (χ0) is 26.9. The number of rotatable bonds is 7. The fourth-order valence-corrected chi connectivity index (χ4v) is 6.05. The van der Waals surface area contributed by atoms with Crippen LogP contribution in [0.5, 0.6) is 0 Å². The highest BCUT2D eigenvalue weighted by molar-refractivity contribution is 14.2. The topological polar surface area (TPSA) is 84.0 Å². The van der Waals surface area contributed by atoms with Gasteiger partial charge in [-0.25, -0.2) is 23.7 Å². The van der Waals surface area contributed by atoms with Gasteiger partial charge in [0.1, 0.15) is 5.82 Å². The molecule has 1 fully saturated rings. The summed E-state index contributed by atoms with van der Waals surface area (Å²) in [7, 11) is 0. The van der Waals surface area contributed by atoms with Gasteiger partial charge in [-0.2, -0.15) is 0 Å². The van der Waals surface area contributed by atoms with Crippen LogP contribution < -0.4 is 4.90 Å². The van der Waals surface area contributed by atoms with Gasteiger partial charge in [-0.3, -0.25) is 4.79 Å². The Bertz CT molecular complexity index is 1480. The number of anilines is 1. The molecule has 0 radical (unpaired) electrons. The van der Waals surface area contributed by atoms with Crippen molar-refractivity contribution in [3.05, 3.63) is 57.9 Å². The van der Waals surface area contributed by atoms with Crippen molar-refractivity contribution in [2.24, 2.45) is 5.92 Å². The van der Waals surface area contributed by atoms with Crippen LogP contribution >= 0.6 is 20.7 Å². The monoisotopic (exact) mass is 631 g/mol. The van der Waals surface area contributed by atoms with Gasteiger partial charge in [-0.05, 0) is 49.6 Å². The van der Waals surface area contributed by atoms with Crippen LogP contribution in [0.25, 0.3) is 33.5 Å². The van der Waals surface area contributed by atoms with E-state index in [2.05, 4.69) is 30.5 Å². The Morgan fingerprint density at radius 2 is 2.00 bits per heavy atom. The third kappa shape index (κ3) is 5.45. The highest BCUT2D eigenvalue weighted by Crippen LogP contribution is 2.33. The maximum absolute atomic E-state index is 13.8. The number of carbonyl (C=O) groups excluding carboxylic acids is 1. The van der Waals surface area contributed by atoms with Crippen molar-refractivity contribution < 1.29 is 18.3 Å². The highest BCUT2D eigenvalue weighted by atomic mass is 127. The minimum absolute atomic E-state index is 0.0511. The second-order valence-electron chi connectivity index (χ2n) is 9.34. The predicted octanol–water partition coefficient (Wildman–Crippen LogP) is 6.15. The largest absolute Gasteiger partial charge is 0.466 e. The van der Waals surface area contributed by atoms with E-state index in [0.717, 1.165) is 46.6 Å². The lowest BCUT2D eigenvalue weighted by molar-refractivity contribution is -0.148. The Kier molecular flexibility index (Phi) is 7.51. The maximum Gasteiger partial charge on any atom is 0.310 e. The molecule has 0 bridgehead atoms. The summed E-state index contributed by atoms with van der Waals surface area (Å²) in [5, 5.41) is 0. The van der Waals surface area contributed by atoms with E-state index >= 15 is 0 Å². The molecule has 1 unspecified atom stereocenters. The number of fused-ring (bicyclic) bond motifs is 1. The number of piperidine rings is 1. The SMILES string of the molecule is C=Ic1cc(-c2cnc(N3CCCC(C(=O)OCC)C3)nc2)ccc1-c1nc2ccc(C(C)(F)F)cc2[nH]1. The minimum atomic E-state index is -2.92. The van der Waals surface area contributed by atoms with E-state index in [0.29, 0.717) is 36.0 Å². The van der Waals surface area contributed by atoms with Gasteiger partial charge in [0.25, 0.3) is 5.92 Å². The van der Waals surface area contributed by atoms with E-state index in [1.54, 1.807) is 18.5 Å². The molecule has 2 aromatic carbocycles. The third-order valence-electron chi connectivity index (χ3n) is 6.65. The molecular weight excluding hydrogens is 603 g/mol. The molecule has 10 heteroatoms. The number of benzene rings is 2. The summed E-state index contributed by atoms with van der Waals surface area (Å²) in [6.45, 7) is 4.44. The van der Waals surface area contributed by atoms with Gasteiger partial charge in [0.15, 0.2) is 0 Å². The smallest absolute Gasteiger partial charge is 0.310 e. The molecular formula is C28H28F2IN5O2. The Balaban J connectivity index is 1.38. The average molecular weight is 631 g/mol. The van der Waals surface area contributed by atoms with Crippen LogP contribution in [-0.4, -0.2) is 50.1 Å². The average Bonchev–Trinajstić information content (AvgIpc) is 3.36. The number of nitrogens with zero attached hydrogens (tertiary/aromatic N) is 4. The van der Waals surface area contributed by atoms with E-state index in [1.165, 1.54) is 12.1 Å². The van der Waals surface area contributed by atoms with Crippen molar-refractivity contribution in [2.75, 3.05) is 24.6 Å². The van der Waals surface area contributed by atoms with Gasteiger partial charge in [-0.1, -0.05) is 37.4 Å². The normalized spacial score (nSPS) is 16.1. The fraction of sp³-hybridized carbons (Fsp3) is 0.321. The lowest BCUT2D eigenvalue weighted by Crippen LogP contribution is -2.40. The maximum atomic E-state index is 13.8. The lowest BCUT2D eigenvalue weighted by atomic mass is 9.98. The van der Waals surface area contributed by atoms with Crippen molar-refractivity contribution in [3.63, 3.8) is 0 Å². The number of carbonyl (C=O) groups is 1. The van der Waals surface area contributed by atoms with E-state index in [9.17, 15) is 13.6 Å². The molecule has 1 saturated heterocycles. The number of esters is 1. The first-order valence-electron chi connectivity index (χ1n) is 12.4. The Morgan fingerprint density at radius 3 is 2.71 bits per heavy atom. The van der Waals surface area contributed by atoms with Crippen LogP contribution in [0.1, 0.15) is 32.3 Å². The summed E-state index contributed by atoms with van der Waals surface area (Å²) in [6, 6.07) is 10.5. The summed E-state index contributed by atoms with van der Waals surface area (Å²) in [5.74, 6) is -2.01. The minimum Gasteiger partial charge on any atom is -0.466 e. The number of ether oxygens (including phenoxy) is 1. The third-order valence-corrected chi connectivity index (χ3v) is 8.37. The van der Waals surface area contributed by atoms with Gasteiger partial charge in [-0.15, -0.1) is 0 Å². The Hall–Kier alpha value is -3.28. The van der Waals surface area contributed by atoms with Crippen molar-refractivity contribution in [2.45, 2.75) is 32.6 Å². The molecule has 0 saturated carbocycles. The number of aromatic amines is 1. The molecule has 0 amide bonds. The molecule has 7 nitrogen and oxygen atoms in total. The van der Waals surface area contributed by atoms with Crippen LogP contribution in [0.4, 0.5) is 14.7 Å². The van der Waals surface area contributed by atoms with E-state index < -0.39 is 26.7 Å². The molecule has 4 aromatic rings. The first-order valence-corrected chi connectivity index (χ1v) is 15.0. The molecule has 1 atom stereocenters. The quantitative estimate of drug-likeness (QED) is 0.195. The number of H-pyrrole nitrogens is 1. The first-order chi connectivity index (χ1) is 18.3. The molecule has 3 heterocycles. The summed E-state index contributed by atoms with van der Waals surface area (Å²) in [4.78, 5) is 31.2. The van der Waals surface area contributed by atoms with Crippen molar-refractivity contribution in [1.82, 2.24) is 19.9 Å². The predicted molar refractivity (Wildman–Crippen MR) is 154 cm³/mol. The summed E-state index contributed by atoms with van der Waals surface area (Å²) >= 11 is -0.557. The number of hydrogen-bond acceptors (Lipinski definition) is 6. The van der Waals surface area contributed by atoms with Crippen molar-refractivity contribution in [1.29, 1.82) is 0 Å². The second kappa shape index (κ2) is 10.8. The summed E-state index contributed by atoms with van der Waals surface area (Å²) in [6.07, 6.45) is 5.29. The molecule has 0 spiro atoms. The zero-order valence-electron chi connectivity index (χ0n) is 21.2. The molecule has 198 valence electrons. The standard InChI is InChI=1S/C28H28F2IN5O2/c1-4-38-26(37)18-6-5-11-36(16-18)27-32-14-19(15-33-27)17-7-9-21(22(12-17)31-3)25-34-23-10-8-20(28(2,29)30)13-24(23)35-25/h7-10,12-15,18H,3-6,11,16H2,1-2H3,(H,34,35). The Morgan fingerprint density at radius 1 is 1.21 bits per heavy atom. The van der Waals surface area contributed by atoms with Crippen molar-refractivity contribution in [3.8, 4) is 22.5 Å². The molecule has 38 heavy (non-hydrogen) atoms. The van der Waals surface area contributed by atoms with E-state index in [1.807, 2.05) is 24.0 Å². The molecule has 0 aliphatic carbocycles. The summed E-state index contributed by atoms with van der Waals surface area (Å²) < 4.78 is 38.0. The summed E-state index contributed by atoms with van der Waals surface area (Å²) in [5.41, 5.74) is 3.90. The molecule has 1 N–H and O–H groups in total. The molecule has 5 rings (SSSR count). The number of aromatic nitrogens is 4. The van der Waals surface area contributed by atoms with Crippen LogP contribution in [0.2, 0.25) is 0 Å². The van der Waals surface area contributed by atoms with E-state index in [-0.39, 0.29) is 17.5 Å². The van der Waals surface area contributed by atoms with Crippen LogP contribution in [0.3, 0.4) is 0 Å². The number of alkyl halides is 2. The van der Waals surface area contributed by atoms with Crippen LogP contribution in [0, 0.1) is 9.49 Å². The van der Waals surface area contributed by atoms with Gasteiger partial charge in [0.2, 0.25) is 5.95 Å². The second-order valence-corrected chi connectivity index (χ2v) is 11.3. The van der Waals surface area contributed by atoms with Gasteiger partial charge < -0.3 is 14.6 Å².